The van der Waals surface area contributed by atoms with Crippen LogP contribution in [0, 0.1) is 5.41 Å². The van der Waals surface area contributed by atoms with E-state index in [2.05, 4.69) is 32.7 Å². The number of rotatable bonds is 6. The van der Waals surface area contributed by atoms with Crippen LogP contribution in [0.15, 0.2) is 0 Å². The highest BCUT2D eigenvalue weighted by atomic mass is 16.5. The van der Waals surface area contributed by atoms with E-state index >= 15 is 0 Å². The standard InChI is InChI=1S/C13H27NO2/c1-5-13(6-2,10-15)9-14(4)12-7-8-16-11(12)3/h11-12,15H,5-10H2,1-4H3. The summed E-state index contributed by atoms with van der Waals surface area (Å²) in [4.78, 5) is 2.38. The lowest BCUT2D eigenvalue weighted by atomic mass is 9.82. The highest BCUT2D eigenvalue weighted by Gasteiger charge is 2.33. The first-order valence-corrected chi connectivity index (χ1v) is 6.51. The summed E-state index contributed by atoms with van der Waals surface area (Å²) in [5, 5.41) is 9.58. The van der Waals surface area contributed by atoms with Crippen molar-refractivity contribution < 1.29 is 9.84 Å². The van der Waals surface area contributed by atoms with Gasteiger partial charge in [-0.2, -0.15) is 0 Å². The minimum Gasteiger partial charge on any atom is -0.396 e. The SMILES string of the molecule is CCC(CC)(CO)CN(C)C1CCOC1C. The highest BCUT2D eigenvalue weighted by Crippen LogP contribution is 2.29. The van der Waals surface area contributed by atoms with Gasteiger partial charge < -0.3 is 14.7 Å². The second kappa shape index (κ2) is 5.99. The van der Waals surface area contributed by atoms with Crippen molar-refractivity contribution in [3.05, 3.63) is 0 Å². The summed E-state index contributed by atoms with van der Waals surface area (Å²) in [6.07, 6.45) is 3.51. The normalized spacial score (nSPS) is 26.6. The molecule has 2 atom stereocenters. The monoisotopic (exact) mass is 229 g/mol. The molecule has 1 rings (SSSR count). The fraction of sp³-hybridized carbons (Fsp3) is 1.00. The largest absolute Gasteiger partial charge is 0.396 e. The molecule has 0 aromatic heterocycles. The van der Waals surface area contributed by atoms with Crippen molar-refractivity contribution in [2.45, 2.75) is 52.2 Å². The minimum absolute atomic E-state index is 0.0665. The van der Waals surface area contributed by atoms with Gasteiger partial charge in [0, 0.05) is 31.2 Å². The Morgan fingerprint density at radius 1 is 1.38 bits per heavy atom. The molecule has 96 valence electrons. The Morgan fingerprint density at radius 3 is 2.38 bits per heavy atom. The lowest BCUT2D eigenvalue weighted by molar-refractivity contribution is 0.0349. The van der Waals surface area contributed by atoms with Crippen LogP contribution in [0.25, 0.3) is 0 Å². The second-order valence-corrected chi connectivity index (χ2v) is 5.21. The van der Waals surface area contributed by atoms with Gasteiger partial charge >= 0.3 is 0 Å². The van der Waals surface area contributed by atoms with Gasteiger partial charge in [-0.05, 0) is 33.2 Å². The number of nitrogens with zero attached hydrogens (tertiary/aromatic N) is 1. The van der Waals surface area contributed by atoms with Crippen LogP contribution in [0.3, 0.4) is 0 Å². The molecule has 0 aliphatic carbocycles. The molecule has 0 radical (unpaired) electrons. The summed E-state index contributed by atoms with van der Waals surface area (Å²) in [7, 11) is 2.16. The molecule has 1 saturated heterocycles. The molecule has 1 N–H and O–H groups in total. The molecule has 16 heavy (non-hydrogen) atoms. The van der Waals surface area contributed by atoms with Crippen LogP contribution in [-0.2, 0) is 4.74 Å². The van der Waals surface area contributed by atoms with E-state index in [9.17, 15) is 5.11 Å². The third-order valence-corrected chi connectivity index (χ3v) is 4.32. The van der Waals surface area contributed by atoms with Gasteiger partial charge in [-0.1, -0.05) is 13.8 Å². The Hall–Kier alpha value is -0.120. The Kier molecular flexibility index (Phi) is 5.22. The van der Waals surface area contributed by atoms with E-state index in [4.69, 9.17) is 4.74 Å². The van der Waals surface area contributed by atoms with Crippen molar-refractivity contribution in [2.24, 2.45) is 5.41 Å². The van der Waals surface area contributed by atoms with Crippen LogP contribution in [0.2, 0.25) is 0 Å². The number of aliphatic hydroxyl groups excluding tert-OH is 1. The Bertz CT molecular complexity index is 196. The van der Waals surface area contributed by atoms with E-state index in [1.165, 1.54) is 0 Å². The zero-order chi connectivity index (χ0) is 12.2. The number of hydrogen-bond donors (Lipinski definition) is 1. The van der Waals surface area contributed by atoms with E-state index in [0.29, 0.717) is 12.1 Å². The predicted octanol–water partition coefficient (Wildman–Crippen LogP) is 1.89. The van der Waals surface area contributed by atoms with Crippen LogP contribution in [0.1, 0.15) is 40.0 Å². The molecule has 2 unspecified atom stereocenters. The van der Waals surface area contributed by atoms with Gasteiger partial charge in [-0.3, -0.25) is 0 Å². The van der Waals surface area contributed by atoms with E-state index in [1.807, 2.05) is 0 Å². The Morgan fingerprint density at radius 2 is 2.00 bits per heavy atom. The summed E-state index contributed by atoms with van der Waals surface area (Å²) in [6.45, 7) is 8.61. The van der Waals surface area contributed by atoms with Gasteiger partial charge in [-0.15, -0.1) is 0 Å². The fourth-order valence-electron chi connectivity index (χ4n) is 2.69. The topological polar surface area (TPSA) is 32.7 Å². The molecule has 0 amide bonds. The maximum absolute atomic E-state index is 9.58. The van der Waals surface area contributed by atoms with Crippen LogP contribution < -0.4 is 0 Å². The van der Waals surface area contributed by atoms with Crippen LogP contribution in [0.5, 0.6) is 0 Å². The quantitative estimate of drug-likeness (QED) is 0.755. The molecular weight excluding hydrogens is 202 g/mol. The average Bonchev–Trinajstić information content (AvgIpc) is 2.72. The molecule has 3 heteroatoms. The van der Waals surface area contributed by atoms with E-state index in [0.717, 1.165) is 32.4 Å². The molecule has 0 aromatic carbocycles. The first-order valence-electron chi connectivity index (χ1n) is 6.51. The Labute approximate surface area is 99.8 Å². The number of likely N-dealkylation sites (N-methyl/N-ethyl adjacent to an activating group) is 1. The molecular formula is C13H27NO2. The lowest BCUT2D eigenvalue weighted by Gasteiger charge is -2.37. The molecule has 1 fully saturated rings. The lowest BCUT2D eigenvalue weighted by Crippen LogP contribution is -2.45. The van der Waals surface area contributed by atoms with Crippen LogP contribution >= 0.6 is 0 Å². The second-order valence-electron chi connectivity index (χ2n) is 5.21. The summed E-state index contributed by atoms with van der Waals surface area (Å²) in [6, 6.07) is 0.518. The van der Waals surface area contributed by atoms with Gasteiger partial charge in [0.05, 0.1) is 6.10 Å². The summed E-state index contributed by atoms with van der Waals surface area (Å²) < 4.78 is 5.60. The molecule has 0 saturated carbocycles. The van der Waals surface area contributed by atoms with Gasteiger partial charge in [0.2, 0.25) is 0 Å². The zero-order valence-corrected chi connectivity index (χ0v) is 11.2. The number of aliphatic hydroxyl groups is 1. The predicted molar refractivity (Wildman–Crippen MR) is 66.5 cm³/mol. The molecule has 3 nitrogen and oxygen atoms in total. The minimum atomic E-state index is 0.0665. The first-order chi connectivity index (χ1) is 7.58. The average molecular weight is 229 g/mol. The molecule has 1 heterocycles. The molecule has 0 spiro atoms. The van der Waals surface area contributed by atoms with Crippen LogP contribution in [0.4, 0.5) is 0 Å². The summed E-state index contributed by atoms with van der Waals surface area (Å²) in [5.41, 5.74) is 0.0665. The number of ether oxygens (including phenoxy) is 1. The first kappa shape index (κ1) is 13.9. The maximum Gasteiger partial charge on any atom is 0.0702 e. The third kappa shape index (κ3) is 2.96. The molecule has 1 aliphatic rings. The zero-order valence-electron chi connectivity index (χ0n) is 11.2. The Balaban J connectivity index is 2.57. The molecule has 0 aromatic rings. The summed E-state index contributed by atoms with van der Waals surface area (Å²) in [5.74, 6) is 0. The van der Waals surface area contributed by atoms with Gasteiger partial charge in [0.15, 0.2) is 0 Å². The van der Waals surface area contributed by atoms with Crippen molar-refractivity contribution >= 4 is 0 Å². The van der Waals surface area contributed by atoms with E-state index in [-0.39, 0.29) is 12.0 Å². The summed E-state index contributed by atoms with van der Waals surface area (Å²) >= 11 is 0. The molecule has 1 aliphatic heterocycles. The van der Waals surface area contributed by atoms with Gasteiger partial charge in [0.1, 0.15) is 0 Å². The van der Waals surface area contributed by atoms with Crippen molar-refractivity contribution in [2.75, 3.05) is 26.8 Å². The van der Waals surface area contributed by atoms with E-state index in [1.54, 1.807) is 0 Å². The van der Waals surface area contributed by atoms with Crippen molar-refractivity contribution in [1.29, 1.82) is 0 Å². The smallest absolute Gasteiger partial charge is 0.0702 e. The maximum atomic E-state index is 9.58. The van der Waals surface area contributed by atoms with Crippen molar-refractivity contribution in [3.63, 3.8) is 0 Å². The van der Waals surface area contributed by atoms with E-state index < -0.39 is 0 Å². The van der Waals surface area contributed by atoms with Crippen molar-refractivity contribution in [1.82, 2.24) is 4.90 Å². The van der Waals surface area contributed by atoms with Gasteiger partial charge in [-0.25, -0.2) is 0 Å². The number of hydrogen-bond acceptors (Lipinski definition) is 3. The van der Waals surface area contributed by atoms with Crippen molar-refractivity contribution in [3.8, 4) is 0 Å². The third-order valence-electron chi connectivity index (χ3n) is 4.32. The molecule has 0 bridgehead atoms. The van der Waals surface area contributed by atoms with Gasteiger partial charge in [0.25, 0.3) is 0 Å². The fourth-order valence-corrected chi connectivity index (χ4v) is 2.69. The highest BCUT2D eigenvalue weighted by molar-refractivity contribution is 4.86. The van der Waals surface area contributed by atoms with Crippen LogP contribution in [-0.4, -0.2) is 49.0 Å².